The molecule has 0 aliphatic heterocycles. The molecule has 1 amide bonds. The molecule has 40 heavy (non-hydrogen) atoms. The SMILES string of the molecule is CCN(CC1CCCC1)c1nc2c(cc1CN(Cc1cc(C(F)(F)F)cc(C(F)(F)F)c1)C(=O)O)c(C)nn2C. The maximum Gasteiger partial charge on any atom is 0.416 e. The van der Waals surface area contributed by atoms with Crippen molar-refractivity contribution in [3.8, 4) is 0 Å². The Balaban J connectivity index is 1.75. The number of amides is 1. The van der Waals surface area contributed by atoms with Crippen LogP contribution in [0, 0.1) is 12.8 Å². The average Bonchev–Trinajstić information content (AvgIpc) is 3.47. The number of rotatable bonds is 8. The Kier molecular flexibility index (Phi) is 8.23. The van der Waals surface area contributed by atoms with Gasteiger partial charge in [0.15, 0.2) is 5.65 Å². The molecule has 1 aliphatic carbocycles. The molecule has 0 radical (unpaired) electrons. The van der Waals surface area contributed by atoms with Gasteiger partial charge in [-0.3, -0.25) is 9.58 Å². The monoisotopic (exact) mass is 571 g/mol. The quantitative estimate of drug-likeness (QED) is 0.295. The fourth-order valence-electron chi connectivity index (χ4n) is 5.36. The van der Waals surface area contributed by atoms with Gasteiger partial charge in [0.2, 0.25) is 0 Å². The van der Waals surface area contributed by atoms with Crippen LogP contribution in [0.3, 0.4) is 0 Å². The van der Waals surface area contributed by atoms with Gasteiger partial charge in [-0.05, 0) is 62.4 Å². The van der Waals surface area contributed by atoms with E-state index < -0.39 is 41.7 Å². The fourth-order valence-corrected chi connectivity index (χ4v) is 5.36. The summed E-state index contributed by atoms with van der Waals surface area (Å²) in [7, 11) is 1.74. The van der Waals surface area contributed by atoms with E-state index >= 15 is 0 Å². The van der Waals surface area contributed by atoms with Crippen LogP contribution < -0.4 is 4.90 Å². The van der Waals surface area contributed by atoms with E-state index in [9.17, 15) is 36.2 Å². The Morgan fingerprint density at radius 1 is 1.02 bits per heavy atom. The van der Waals surface area contributed by atoms with Gasteiger partial charge in [-0.1, -0.05) is 12.8 Å². The maximum absolute atomic E-state index is 13.4. The molecule has 218 valence electrons. The number of hydrogen-bond acceptors (Lipinski definition) is 4. The molecule has 1 aromatic carbocycles. The van der Waals surface area contributed by atoms with E-state index in [0.29, 0.717) is 59.2 Å². The summed E-state index contributed by atoms with van der Waals surface area (Å²) in [6.07, 6.45) is -7.16. The van der Waals surface area contributed by atoms with Gasteiger partial charge in [-0.2, -0.15) is 31.4 Å². The number of fused-ring (bicyclic) bond motifs is 1. The zero-order valence-corrected chi connectivity index (χ0v) is 22.4. The van der Waals surface area contributed by atoms with Gasteiger partial charge < -0.3 is 10.0 Å². The zero-order valence-electron chi connectivity index (χ0n) is 22.4. The van der Waals surface area contributed by atoms with Crippen LogP contribution in [0.15, 0.2) is 24.3 Å². The molecule has 3 aromatic rings. The molecule has 0 unspecified atom stereocenters. The second kappa shape index (κ2) is 11.2. The second-order valence-corrected chi connectivity index (χ2v) is 10.3. The van der Waals surface area contributed by atoms with E-state index in [1.807, 2.05) is 6.92 Å². The lowest BCUT2D eigenvalue weighted by molar-refractivity contribution is -0.143. The number of aromatic nitrogens is 3. The highest BCUT2D eigenvalue weighted by Crippen LogP contribution is 2.37. The topological polar surface area (TPSA) is 74.5 Å². The van der Waals surface area contributed by atoms with Crippen LogP contribution in [0.1, 0.15) is 60.6 Å². The first-order valence-corrected chi connectivity index (χ1v) is 13.0. The summed E-state index contributed by atoms with van der Waals surface area (Å²) < 4.78 is 82.0. The average molecular weight is 572 g/mol. The summed E-state index contributed by atoms with van der Waals surface area (Å²) in [5.41, 5.74) is -1.66. The summed E-state index contributed by atoms with van der Waals surface area (Å²) in [4.78, 5) is 20.0. The fraction of sp³-hybridized carbons (Fsp3) is 0.519. The third-order valence-corrected chi connectivity index (χ3v) is 7.34. The van der Waals surface area contributed by atoms with E-state index in [0.717, 1.165) is 30.6 Å². The van der Waals surface area contributed by atoms with Crippen molar-refractivity contribution < 1.29 is 36.2 Å². The van der Waals surface area contributed by atoms with Crippen molar-refractivity contribution in [1.29, 1.82) is 0 Å². The van der Waals surface area contributed by atoms with Crippen molar-refractivity contribution in [3.05, 3.63) is 52.2 Å². The maximum atomic E-state index is 13.4. The predicted molar refractivity (Wildman–Crippen MR) is 137 cm³/mol. The molecule has 13 heteroatoms. The number of carbonyl (C=O) groups is 1. The molecule has 4 rings (SSSR count). The second-order valence-electron chi connectivity index (χ2n) is 10.3. The number of anilines is 1. The predicted octanol–water partition coefficient (Wildman–Crippen LogP) is 7.01. The molecule has 2 aromatic heterocycles. The first kappa shape index (κ1) is 29.5. The van der Waals surface area contributed by atoms with Crippen LogP contribution in [0.2, 0.25) is 0 Å². The minimum absolute atomic E-state index is 0.0257. The van der Waals surface area contributed by atoms with E-state index in [1.165, 1.54) is 0 Å². The largest absolute Gasteiger partial charge is 0.465 e. The smallest absolute Gasteiger partial charge is 0.416 e. The Morgan fingerprint density at radius 2 is 1.62 bits per heavy atom. The lowest BCUT2D eigenvalue weighted by Gasteiger charge is -2.29. The molecule has 0 saturated heterocycles. The lowest BCUT2D eigenvalue weighted by atomic mass is 10.0. The Labute approximate surface area is 227 Å². The first-order chi connectivity index (χ1) is 18.7. The van der Waals surface area contributed by atoms with Gasteiger partial charge in [-0.15, -0.1) is 0 Å². The van der Waals surface area contributed by atoms with Crippen LogP contribution in [0.5, 0.6) is 0 Å². The molecule has 1 fully saturated rings. The van der Waals surface area contributed by atoms with Crippen molar-refractivity contribution in [2.45, 2.75) is 65.0 Å². The van der Waals surface area contributed by atoms with E-state index in [1.54, 1.807) is 24.7 Å². The molecule has 1 saturated carbocycles. The highest BCUT2D eigenvalue weighted by molar-refractivity contribution is 5.82. The van der Waals surface area contributed by atoms with Crippen LogP contribution in [0.25, 0.3) is 11.0 Å². The van der Waals surface area contributed by atoms with Crippen molar-refractivity contribution in [2.75, 3.05) is 18.0 Å². The summed E-state index contributed by atoms with van der Waals surface area (Å²) >= 11 is 0. The number of nitrogens with zero attached hydrogens (tertiary/aromatic N) is 5. The van der Waals surface area contributed by atoms with Gasteiger partial charge in [0, 0.05) is 37.6 Å². The number of halogens is 6. The zero-order chi connectivity index (χ0) is 29.4. The molecular weight excluding hydrogens is 540 g/mol. The molecule has 0 bridgehead atoms. The van der Waals surface area contributed by atoms with E-state index in [-0.39, 0.29) is 12.6 Å². The number of hydrogen-bond donors (Lipinski definition) is 1. The lowest BCUT2D eigenvalue weighted by Crippen LogP contribution is -2.33. The van der Waals surface area contributed by atoms with Gasteiger partial charge in [-0.25, -0.2) is 9.78 Å². The first-order valence-electron chi connectivity index (χ1n) is 13.0. The summed E-state index contributed by atoms with van der Waals surface area (Å²) in [6.45, 7) is 4.04. The van der Waals surface area contributed by atoms with E-state index in [2.05, 4.69) is 10.00 Å². The molecule has 7 nitrogen and oxygen atoms in total. The summed E-state index contributed by atoms with van der Waals surface area (Å²) in [5, 5.41) is 15.1. The summed E-state index contributed by atoms with van der Waals surface area (Å²) in [5.74, 6) is 0.969. The van der Waals surface area contributed by atoms with Crippen molar-refractivity contribution in [1.82, 2.24) is 19.7 Å². The molecule has 2 heterocycles. The third-order valence-electron chi connectivity index (χ3n) is 7.34. The van der Waals surface area contributed by atoms with Crippen LogP contribution in [-0.4, -0.2) is 44.0 Å². The van der Waals surface area contributed by atoms with Crippen LogP contribution >= 0.6 is 0 Å². The standard InChI is InChI=1S/C27H31F6N5O2/c1-4-37(13-17-7-5-6-8-17)23-19(11-22-16(2)35-36(3)24(22)34-23)15-38(25(39)40)14-18-9-20(26(28,29)30)12-21(10-18)27(31,32)33/h9-12,17H,4-8,13-15H2,1-3H3,(H,39,40). The van der Waals surface area contributed by atoms with E-state index in [4.69, 9.17) is 4.98 Å². The third kappa shape index (κ3) is 6.44. The minimum atomic E-state index is -5.04. The van der Waals surface area contributed by atoms with Gasteiger partial charge in [0.05, 0.1) is 23.4 Å². The molecule has 0 atom stereocenters. The van der Waals surface area contributed by atoms with Crippen molar-refractivity contribution in [3.63, 3.8) is 0 Å². The van der Waals surface area contributed by atoms with Crippen molar-refractivity contribution >= 4 is 22.9 Å². The minimum Gasteiger partial charge on any atom is -0.465 e. The van der Waals surface area contributed by atoms with Crippen LogP contribution in [0.4, 0.5) is 37.0 Å². The van der Waals surface area contributed by atoms with Crippen molar-refractivity contribution in [2.24, 2.45) is 13.0 Å². The normalized spacial score (nSPS) is 14.7. The molecular formula is C27H31F6N5O2. The number of alkyl halides is 6. The number of benzene rings is 1. The Hall–Kier alpha value is -3.51. The molecule has 0 spiro atoms. The highest BCUT2D eigenvalue weighted by atomic mass is 19.4. The number of pyridine rings is 1. The molecule has 1 N–H and O–H groups in total. The van der Waals surface area contributed by atoms with Gasteiger partial charge >= 0.3 is 18.4 Å². The van der Waals surface area contributed by atoms with Gasteiger partial charge in [0.25, 0.3) is 0 Å². The highest BCUT2D eigenvalue weighted by Gasteiger charge is 2.37. The van der Waals surface area contributed by atoms with Crippen LogP contribution in [-0.2, 0) is 32.5 Å². The number of carboxylic acid groups (broad SMARTS) is 1. The summed E-state index contributed by atoms with van der Waals surface area (Å²) in [6, 6.07) is 2.90. The molecule has 1 aliphatic rings. The number of aryl methyl sites for hydroxylation is 2. The Morgan fingerprint density at radius 3 is 2.15 bits per heavy atom. The van der Waals surface area contributed by atoms with Gasteiger partial charge in [0.1, 0.15) is 5.82 Å². The Bertz CT molecular complexity index is 1350.